The maximum atomic E-state index is 10.7. The third-order valence-corrected chi connectivity index (χ3v) is 1.48. The van der Waals surface area contributed by atoms with Crippen LogP contribution in [0.1, 0.15) is 5.82 Å². The van der Waals surface area contributed by atoms with E-state index in [-0.39, 0.29) is 6.42 Å². The lowest BCUT2D eigenvalue weighted by Crippen LogP contribution is -2.17. The molecular weight excluding hydrogens is 160 g/mol. The van der Waals surface area contributed by atoms with Gasteiger partial charge in [-0.25, -0.2) is 9.78 Å². The summed E-state index contributed by atoms with van der Waals surface area (Å²) in [5.74, 6) is -1.80. The normalized spacial score (nSPS) is 9.75. The lowest BCUT2D eigenvalue weighted by molar-refractivity contribution is -0.148. The molecule has 0 fully saturated rings. The molecule has 12 heavy (non-hydrogen) atoms. The quantitative estimate of drug-likeness (QED) is 0.624. The van der Waals surface area contributed by atoms with Crippen molar-refractivity contribution < 1.29 is 14.7 Å². The first-order valence-electron chi connectivity index (χ1n) is 3.33. The number of hydrogen-bond donors (Lipinski definition) is 1. The predicted molar refractivity (Wildman–Crippen MR) is 39.6 cm³/mol. The first-order valence-corrected chi connectivity index (χ1v) is 3.33. The van der Waals surface area contributed by atoms with Gasteiger partial charge >= 0.3 is 5.97 Å². The van der Waals surface area contributed by atoms with Crippen molar-refractivity contribution >= 4 is 11.8 Å². The number of Topliss-reactive ketones (excluding diaryl/α,β-unsaturated/α-hetero) is 1. The number of aliphatic carboxylic acids is 1. The van der Waals surface area contributed by atoms with Crippen molar-refractivity contribution in [1.29, 1.82) is 0 Å². The maximum absolute atomic E-state index is 10.7. The van der Waals surface area contributed by atoms with Gasteiger partial charge in [-0.1, -0.05) is 0 Å². The van der Waals surface area contributed by atoms with Gasteiger partial charge in [-0.15, -0.1) is 0 Å². The van der Waals surface area contributed by atoms with Crippen molar-refractivity contribution in [2.24, 2.45) is 7.05 Å². The molecule has 0 unspecified atom stereocenters. The van der Waals surface area contributed by atoms with E-state index in [9.17, 15) is 9.59 Å². The maximum Gasteiger partial charge on any atom is 0.372 e. The van der Waals surface area contributed by atoms with Crippen LogP contribution in [0.15, 0.2) is 12.4 Å². The average molecular weight is 168 g/mol. The van der Waals surface area contributed by atoms with Crippen LogP contribution in [0, 0.1) is 0 Å². The van der Waals surface area contributed by atoms with Crippen LogP contribution in [0.25, 0.3) is 0 Å². The minimum atomic E-state index is -1.42. The monoisotopic (exact) mass is 168 g/mol. The van der Waals surface area contributed by atoms with Gasteiger partial charge in [0.1, 0.15) is 5.82 Å². The summed E-state index contributed by atoms with van der Waals surface area (Å²) in [4.78, 5) is 24.7. The molecule has 0 spiro atoms. The van der Waals surface area contributed by atoms with Gasteiger partial charge < -0.3 is 9.67 Å². The summed E-state index contributed by atoms with van der Waals surface area (Å²) in [5, 5.41) is 8.29. The molecule has 0 bridgehead atoms. The molecule has 5 heteroatoms. The zero-order valence-electron chi connectivity index (χ0n) is 6.52. The van der Waals surface area contributed by atoms with Crippen LogP contribution in [0.3, 0.4) is 0 Å². The minimum Gasteiger partial charge on any atom is -0.475 e. The molecule has 1 N–H and O–H groups in total. The summed E-state index contributed by atoms with van der Waals surface area (Å²) in [6.07, 6.45) is 3.02. The van der Waals surface area contributed by atoms with Gasteiger partial charge in [0.05, 0.1) is 6.42 Å². The van der Waals surface area contributed by atoms with E-state index in [4.69, 9.17) is 5.11 Å². The number of aromatic nitrogens is 2. The topological polar surface area (TPSA) is 72.2 Å². The first kappa shape index (κ1) is 8.45. The van der Waals surface area contributed by atoms with E-state index in [1.807, 2.05) is 0 Å². The number of rotatable bonds is 3. The Bertz CT molecular complexity index is 316. The fourth-order valence-electron chi connectivity index (χ4n) is 0.786. The number of carbonyl (C=O) groups excluding carboxylic acids is 1. The SMILES string of the molecule is Cn1ccnc1CC(=O)C(=O)O. The molecule has 0 aliphatic heterocycles. The van der Waals surface area contributed by atoms with E-state index >= 15 is 0 Å². The summed E-state index contributed by atoms with van der Waals surface area (Å²) in [7, 11) is 1.71. The summed E-state index contributed by atoms with van der Waals surface area (Å²) >= 11 is 0. The summed E-state index contributed by atoms with van der Waals surface area (Å²) in [5.41, 5.74) is 0. The Balaban J connectivity index is 2.71. The average Bonchev–Trinajstić information content (AvgIpc) is 2.36. The zero-order chi connectivity index (χ0) is 9.14. The van der Waals surface area contributed by atoms with Crippen molar-refractivity contribution in [2.75, 3.05) is 0 Å². The van der Waals surface area contributed by atoms with Crippen LogP contribution in [-0.2, 0) is 23.1 Å². The molecule has 1 aromatic heterocycles. The summed E-state index contributed by atoms with van der Waals surface area (Å²) < 4.78 is 1.61. The second kappa shape index (κ2) is 3.17. The van der Waals surface area contributed by atoms with E-state index in [0.29, 0.717) is 5.82 Å². The number of carboxylic acid groups (broad SMARTS) is 1. The lowest BCUT2D eigenvalue weighted by atomic mass is 10.3. The number of hydrogen-bond acceptors (Lipinski definition) is 3. The Morgan fingerprint density at radius 3 is 2.75 bits per heavy atom. The molecule has 0 aromatic carbocycles. The minimum absolute atomic E-state index is 0.154. The van der Waals surface area contributed by atoms with E-state index < -0.39 is 11.8 Å². The zero-order valence-corrected chi connectivity index (χ0v) is 6.52. The van der Waals surface area contributed by atoms with Gasteiger partial charge in [-0.05, 0) is 0 Å². The van der Waals surface area contributed by atoms with Crippen molar-refractivity contribution in [2.45, 2.75) is 6.42 Å². The third kappa shape index (κ3) is 1.69. The van der Waals surface area contributed by atoms with Gasteiger partial charge in [0.25, 0.3) is 0 Å². The highest BCUT2D eigenvalue weighted by molar-refractivity contribution is 6.33. The second-order valence-electron chi connectivity index (χ2n) is 2.36. The van der Waals surface area contributed by atoms with Crippen LogP contribution in [0.4, 0.5) is 0 Å². The molecule has 0 aliphatic rings. The van der Waals surface area contributed by atoms with Crippen LogP contribution < -0.4 is 0 Å². The van der Waals surface area contributed by atoms with E-state index in [2.05, 4.69) is 4.98 Å². The molecule has 0 saturated carbocycles. The molecule has 1 aromatic rings. The fraction of sp³-hybridized carbons (Fsp3) is 0.286. The van der Waals surface area contributed by atoms with Crippen molar-refractivity contribution in [3.8, 4) is 0 Å². The van der Waals surface area contributed by atoms with Crippen LogP contribution >= 0.6 is 0 Å². The van der Waals surface area contributed by atoms with Crippen LogP contribution in [-0.4, -0.2) is 26.4 Å². The van der Waals surface area contributed by atoms with Gasteiger partial charge in [0.2, 0.25) is 5.78 Å². The Morgan fingerprint density at radius 2 is 2.33 bits per heavy atom. The smallest absolute Gasteiger partial charge is 0.372 e. The fourth-order valence-corrected chi connectivity index (χ4v) is 0.786. The third-order valence-electron chi connectivity index (χ3n) is 1.48. The lowest BCUT2D eigenvalue weighted by Gasteiger charge is -1.96. The first-order chi connectivity index (χ1) is 5.61. The Hall–Kier alpha value is -1.65. The molecule has 0 aliphatic carbocycles. The number of carbonyl (C=O) groups is 2. The van der Waals surface area contributed by atoms with Crippen molar-refractivity contribution in [3.05, 3.63) is 18.2 Å². The molecule has 0 atom stereocenters. The number of imidazole rings is 1. The summed E-state index contributed by atoms with van der Waals surface area (Å²) in [6.45, 7) is 0. The molecule has 1 rings (SSSR count). The number of aryl methyl sites for hydroxylation is 1. The molecule has 64 valence electrons. The highest BCUT2D eigenvalue weighted by Crippen LogP contribution is 1.95. The van der Waals surface area contributed by atoms with Crippen LogP contribution in [0.2, 0.25) is 0 Å². The highest BCUT2D eigenvalue weighted by Gasteiger charge is 2.14. The Morgan fingerprint density at radius 1 is 1.67 bits per heavy atom. The second-order valence-corrected chi connectivity index (χ2v) is 2.36. The Kier molecular flexibility index (Phi) is 2.23. The Labute approximate surface area is 68.6 Å². The van der Waals surface area contributed by atoms with Crippen molar-refractivity contribution in [1.82, 2.24) is 9.55 Å². The number of carboxylic acids is 1. The molecule has 0 saturated heterocycles. The molecule has 1 heterocycles. The largest absolute Gasteiger partial charge is 0.475 e. The number of nitrogens with zero attached hydrogens (tertiary/aromatic N) is 2. The van der Waals surface area contributed by atoms with E-state index in [0.717, 1.165) is 0 Å². The van der Waals surface area contributed by atoms with E-state index in [1.54, 1.807) is 17.8 Å². The molecular formula is C7H8N2O3. The molecule has 5 nitrogen and oxygen atoms in total. The predicted octanol–water partition coefficient (Wildman–Crippen LogP) is -0.384. The van der Waals surface area contributed by atoms with Gasteiger partial charge in [-0.3, -0.25) is 4.79 Å². The van der Waals surface area contributed by atoms with Gasteiger partial charge in [-0.2, -0.15) is 0 Å². The summed E-state index contributed by atoms with van der Waals surface area (Å²) in [6, 6.07) is 0. The van der Waals surface area contributed by atoms with E-state index in [1.165, 1.54) is 6.20 Å². The highest BCUT2D eigenvalue weighted by atomic mass is 16.4. The van der Waals surface area contributed by atoms with Crippen molar-refractivity contribution in [3.63, 3.8) is 0 Å². The standard InChI is InChI=1S/C7H8N2O3/c1-9-3-2-8-6(9)4-5(10)7(11)12/h2-3H,4H2,1H3,(H,11,12). The molecule has 0 amide bonds. The molecule has 0 radical (unpaired) electrons. The van der Waals surface area contributed by atoms with Gasteiger partial charge in [0.15, 0.2) is 0 Å². The van der Waals surface area contributed by atoms with Crippen LogP contribution in [0.5, 0.6) is 0 Å². The number of ketones is 1. The van der Waals surface area contributed by atoms with Gasteiger partial charge in [0, 0.05) is 19.4 Å².